The summed E-state index contributed by atoms with van der Waals surface area (Å²) in [6.45, 7) is 10.6. The molecule has 3 aromatic carbocycles. The van der Waals surface area contributed by atoms with Crippen LogP contribution in [0.4, 0.5) is 10.5 Å². The van der Waals surface area contributed by atoms with Crippen LogP contribution in [0.3, 0.4) is 0 Å². The summed E-state index contributed by atoms with van der Waals surface area (Å²) >= 11 is 0. The molecule has 42 heavy (non-hydrogen) atoms. The van der Waals surface area contributed by atoms with E-state index in [2.05, 4.69) is 40.2 Å². The Bertz CT molecular complexity index is 1370. The summed E-state index contributed by atoms with van der Waals surface area (Å²) < 4.78 is 10.9. The Hall–Kier alpha value is -4.04. The highest BCUT2D eigenvalue weighted by molar-refractivity contribution is 6.00. The van der Waals surface area contributed by atoms with Crippen molar-refractivity contribution in [2.75, 3.05) is 51.3 Å². The van der Waals surface area contributed by atoms with Gasteiger partial charge in [0.15, 0.2) is 0 Å². The maximum Gasteiger partial charge on any atom is 0.407 e. The number of alkyl carbamates (subject to hydrolysis) is 1. The van der Waals surface area contributed by atoms with Gasteiger partial charge in [-0.2, -0.15) is 0 Å². The second kappa shape index (κ2) is 13.7. The SMILES string of the molecule is CCN1CCN(c2cccc3c2CN([C@H](CCCNC(=O)OCc2ccccc2)c2ccc(OC)c(C)c2)C3=O)CC1. The van der Waals surface area contributed by atoms with Crippen LogP contribution in [0.2, 0.25) is 0 Å². The molecular weight excluding hydrogens is 528 g/mol. The number of rotatable bonds is 11. The van der Waals surface area contributed by atoms with E-state index in [0.29, 0.717) is 25.9 Å². The number of ether oxygens (including phenoxy) is 2. The molecule has 1 fully saturated rings. The second-order valence-electron chi connectivity index (χ2n) is 11.0. The third-order valence-corrected chi connectivity index (χ3v) is 8.45. The first kappa shape index (κ1) is 29.5. The summed E-state index contributed by atoms with van der Waals surface area (Å²) in [7, 11) is 1.67. The molecule has 0 aliphatic carbocycles. The first-order valence-electron chi connectivity index (χ1n) is 15.0. The largest absolute Gasteiger partial charge is 0.496 e. The third-order valence-electron chi connectivity index (χ3n) is 8.45. The topological polar surface area (TPSA) is 74.3 Å². The minimum atomic E-state index is -0.437. The van der Waals surface area contributed by atoms with E-state index < -0.39 is 6.09 Å². The normalized spacial score (nSPS) is 15.8. The van der Waals surface area contributed by atoms with E-state index in [-0.39, 0.29) is 18.6 Å². The number of hydrogen-bond acceptors (Lipinski definition) is 6. The van der Waals surface area contributed by atoms with Crippen molar-refractivity contribution in [2.24, 2.45) is 0 Å². The Morgan fingerprint density at radius 3 is 2.50 bits per heavy atom. The lowest BCUT2D eigenvalue weighted by molar-refractivity contribution is 0.0688. The molecule has 1 N–H and O–H groups in total. The lowest BCUT2D eigenvalue weighted by Crippen LogP contribution is -2.46. The summed E-state index contributed by atoms with van der Waals surface area (Å²) in [5, 5.41) is 2.87. The molecule has 222 valence electrons. The number of carbonyl (C=O) groups excluding carboxylic acids is 2. The third kappa shape index (κ3) is 6.71. The summed E-state index contributed by atoms with van der Waals surface area (Å²) in [6, 6.07) is 21.8. The van der Waals surface area contributed by atoms with Gasteiger partial charge in [-0.1, -0.05) is 55.5 Å². The molecule has 0 spiro atoms. The molecule has 0 saturated carbocycles. The molecule has 0 aromatic heterocycles. The van der Waals surface area contributed by atoms with Crippen molar-refractivity contribution in [1.29, 1.82) is 0 Å². The van der Waals surface area contributed by atoms with Gasteiger partial charge in [-0.15, -0.1) is 0 Å². The molecule has 0 bridgehead atoms. The minimum Gasteiger partial charge on any atom is -0.496 e. The number of nitrogens with one attached hydrogen (secondary N) is 1. The van der Waals surface area contributed by atoms with Crippen molar-refractivity contribution in [3.63, 3.8) is 0 Å². The zero-order valence-electron chi connectivity index (χ0n) is 25.0. The summed E-state index contributed by atoms with van der Waals surface area (Å²) in [4.78, 5) is 33.1. The quantitative estimate of drug-likeness (QED) is 0.305. The van der Waals surface area contributed by atoms with Crippen LogP contribution in [0, 0.1) is 6.92 Å². The number of nitrogens with zero attached hydrogens (tertiary/aromatic N) is 3. The molecule has 8 nitrogen and oxygen atoms in total. The van der Waals surface area contributed by atoms with Crippen LogP contribution in [0.1, 0.15) is 58.4 Å². The number of benzene rings is 3. The average molecular weight is 571 g/mol. The molecule has 1 atom stereocenters. The maximum absolute atomic E-state index is 13.9. The van der Waals surface area contributed by atoms with Gasteiger partial charge in [-0.05, 0) is 61.2 Å². The molecule has 2 aliphatic heterocycles. The molecule has 1 saturated heterocycles. The van der Waals surface area contributed by atoms with Crippen molar-refractivity contribution < 1.29 is 19.1 Å². The first-order chi connectivity index (χ1) is 20.5. The van der Waals surface area contributed by atoms with E-state index in [9.17, 15) is 9.59 Å². The lowest BCUT2D eigenvalue weighted by Gasteiger charge is -2.36. The number of carbonyl (C=O) groups is 2. The molecule has 0 radical (unpaired) electrons. The number of piperazine rings is 1. The van der Waals surface area contributed by atoms with E-state index in [1.807, 2.05) is 60.4 Å². The molecule has 0 unspecified atom stereocenters. The van der Waals surface area contributed by atoms with Gasteiger partial charge in [0.05, 0.1) is 13.2 Å². The van der Waals surface area contributed by atoms with E-state index in [0.717, 1.165) is 66.3 Å². The molecule has 2 amide bonds. The monoisotopic (exact) mass is 570 g/mol. The number of hydrogen-bond donors (Lipinski definition) is 1. The number of amides is 2. The Morgan fingerprint density at radius 2 is 1.79 bits per heavy atom. The van der Waals surface area contributed by atoms with Crippen LogP contribution < -0.4 is 15.0 Å². The van der Waals surface area contributed by atoms with Gasteiger partial charge in [0.25, 0.3) is 5.91 Å². The maximum atomic E-state index is 13.9. The van der Waals surface area contributed by atoms with Gasteiger partial charge in [0, 0.05) is 56.1 Å². The number of anilines is 1. The van der Waals surface area contributed by atoms with Gasteiger partial charge in [0.2, 0.25) is 0 Å². The highest BCUT2D eigenvalue weighted by Gasteiger charge is 2.36. The predicted molar refractivity (Wildman–Crippen MR) is 165 cm³/mol. The smallest absolute Gasteiger partial charge is 0.407 e. The summed E-state index contributed by atoms with van der Waals surface area (Å²) in [5.74, 6) is 0.887. The number of aryl methyl sites for hydroxylation is 1. The van der Waals surface area contributed by atoms with E-state index >= 15 is 0 Å². The van der Waals surface area contributed by atoms with Crippen molar-refractivity contribution in [3.05, 3.63) is 94.5 Å². The zero-order valence-corrected chi connectivity index (χ0v) is 25.0. The van der Waals surface area contributed by atoms with Crippen LogP contribution in [-0.4, -0.2) is 68.2 Å². The summed E-state index contributed by atoms with van der Waals surface area (Å²) in [5.41, 5.74) is 6.13. The molecule has 5 rings (SSSR count). The standard InChI is InChI=1S/C34H42N4O4/c1-4-36-18-20-37(21-19-36)31-13-8-12-28-29(31)23-38(33(28)39)30(27-15-16-32(41-3)25(2)22-27)14-9-17-35-34(40)42-24-26-10-6-5-7-11-26/h5-8,10-13,15-16,22,30H,4,9,14,17-21,23-24H2,1-3H3,(H,35,40)/t30-/m1/s1. The highest BCUT2D eigenvalue weighted by Crippen LogP contribution is 2.39. The van der Waals surface area contributed by atoms with Gasteiger partial charge >= 0.3 is 6.09 Å². The fourth-order valence-corrected chi connectivity index (χ4v) is 6.06. The molecular formula is C34H42N4O4. The Labute approximate surface area is 249 Å². The van der Waals surface area contributed by atoms with Crippen molar-refractivity contribution in [2.45, 2.75) is 45.9 Å². The lowest BCUT2D eigenvalue weighted by atomic mass is 9.98. The predicted octanol–water partition coefficient (Wildman–Crippen LogP) is 5.55. The van der Waals surface area contributed by atoms with Gasteiger partial charge in [-0.3, -0.25) is 4.79 Å². The first-order valence-corrected chi connectivity index (χ1v) is 15.0. The minimum absolute atomic E-state index is 0.0627. The Morgan fingerprint density at radius 1 is 1.00 bits per heavy atom. The molecule has 2 heterocycles. The van der Waals surface area contributed by atoms with Gasteiger partial charge in [-0.25, -0.2) is 4.79 Å². The Balaban J connectivity index is 1.28. The Kier molecular flexibility index (Phi) is 9.64. The molecule has 2 aliphatic rings. The fourth-order valence-electron chi connectivity index (χ4n) is 6.06. The molecule has 3 aromatic rings. The van der Waals surface area contributed by atoms with Crippen LogP contribution in [0.15, 0.2) is 66.7 Å². The van der Waals surface area contributed by atoms with Crippen LogP contribution >= 0.6 is 0 Å². The van der Waals surface area contributed by atoms with Crippen molar-refractivity contribution >= 4 is 17.7 Å². The highest BCUT2D eigenvalue weighted by atomic mass is 16.5. The number of likely N-dealkylation sites (N-methyl/N-ethyl adjacent to an activating group) is 1. The van der Waals surface area contributed by atoms with Crippen molar-refractivity contribution in [1.82, 2.24) is 15.1 Å². The summed E-state index contributed by atoms with van der Waals surface area (Å²) in [6.07, 6.45) is 0.963. The van der Waals surface area contributed by atoms with E-state index in [1.165, 1.54) is 5.69 Å². The van der Waals surface area contributed by atoms with Crippen LogP contribution in [-0.2, 0) is 17.9 Å². The van der Waals surface area contributed by atoms with E-state index in [4.69, 9.17) is 9.47 Å². The second-order valence-corrected chi connectivity index (χ2v) is 11.0. The van der Waals surface area contributed by atoms with Crippen molar-refractivity contribution in [3.8, 4) is 5.75 Å². The van der Waals surface area contributed by atoms with Crippen LogP contribution in [0.25, 0.3) is 0 Å². The van der Waals surface area contributed by atoms with Crippen LogP contribution in [0.5, 0.6) is 5.75 Å². The van der Waals surface area contributed by atoms with Gasteiger partial charge in [0.1, 0.15) is 12.4 Å². The molecule has 8 heteroatoms. The fraction of sp³-hybridized carbons (Fsp3) is 0.412. The van der Waals surface area contributed by atoms with E-state index in [1.54, 1.807) is 7.11 Å². The van der Waals surface area contributed by atoms with Gasteiger partial charge < -0.3 is 29.5 Å². The number of fused-ring (bicyclic) bond motifs is 1. The average Bonchev–Trinajstić information content (AvgIpc) is 3.36. The zero-order chi connectivity index (χ0) is 29.5. The number of methoxy groups -OCH3 is 1.